The molecule has 4 nitrogen and oxygen atoms in total. The van der Waals surface area contributed by atoms with Crippen LogP contribution < -0.4 is 5.32 Å². The molecule has 1 aromatic heterocycles. The van der Waals surface area contributed by atoms with E-state index in [2.05, 4.69) is 5.32 Å². The van der Waals surface area contributed by atoms with Gasteiger partial charge in [0.15, 0.2) is 0 Å². The van der Waals surface area contributed by atoms with Gasteiger partial charge < -0.3 is 14.5 Å². The van der Waals surface area contributed by atoms with E-state index in [0.717, 1.165) is 11.1 Å². The van der Waals surface area contributed by atoms with Crippen LogP contribution in [0.5, 0.6) is 0 Å². The van der Waals surface area contributed by atoms with Gasteiger partial charge >= 0.3 is 0 Å². The fourth-order valence-corrected chi connectivity index (χ4v) is 2.05. The van der Waals surface area contributed by atoms with Crippen molar-refractivity contribution in [2.45, 2.75) is 19.4 Å². The molecule has 2 rings (SSSR count). The Labute approximate surface area is 118 Å². The van der Waals surface area contributed by atoms with E-state index in [9.17, 15) is 4.79 Å². The Morgan fingerprint density at radius 2 is 2.20 bits per heavy atom. The molecular formula is C16H19NO3. The van der Waals surface area contributed by atoms with Gasteiger partial charge in [-0.05, 0) is 24.6 Å². The molecule has 2 aromatic rings. The smallest absolute Gasteiger partial charge is 0.224 e. The number of carbonyl (C=O) groups excluding carboxylic acids is 1. The fraction of sp³-hybridized carbons (Fsp3) is 0.312. The third-order valence-electron chi connectivity index (χ3n) is 3.08. The van der Waals surface area contributed by atoms with Gasteiger partial charge in [-0.15, -0.1) is 0 Å². The number of amides is 1. The molecule has 106 valence electrons. The van der Waals surface area contributed by atoms with E-state index < -0.39 is 0 Å². The van der Waals surface area contributed by atoms with Crippen LogP contribution in [-0.4, -0.2) is 19.6 Å². The third kappa shape index (κ3) is 3.96. The molecule has 20 heavy (non-hydrogen) atoms. The second-order valence-corrected chi connectivity index (χ2v) is 4.71. The van der Waals surface area contributed by atoms with Crippen LogP contribution in [0.2, 0.25) is 0 Å². The molecule has 0 radical (unpaired) electrons. The van der Waals surface area contributed by atoms with Gasteiger partial charge in [0.2, 0.25) is 5.91 Å². The van der Waals surface area contributed by atoms with E-state index in [1.54, 1.807) is 19.4 Å². The second-order valence-electron chi connectivity index (χ2n) is 4.71. The maximum Gasteiger partial charge on any atom is 0.224 e. The predicted molar refractivity (Wildman–Crippen MR) is 76.4 cm³/mol. The lowest BCUT2D eigenvalue weighted by Gasteiger charge is -2.13. The number of benzene rings is 1. The summed E-state index contributed by atoms with van der Waals surface area (Å²) in [6, 6.07) is 11.6. The van der Waals surface area contributed by atoms with E-state index in [0.29, 0.717) is 18.7 Å². The Kier molecular flexibility index (Phi) is 4.96. The van der Waals surface area contributed by atoms with Crippen LogP contribution in [0.15, 0.2) is 47.1 Å². The van der Waals surface area contributed by atoms with E-state index >= 15 is 0 Å². The summed E-state index contributed by atoms with van der Waals surface area (Å²) in [5, 5.41) is 2.87. The first-order chi connectivity index (χ1) is 9.69. The first-order valence-electron chi connectivity index (χ1n) is 6.57. The Hall–Kier alpha value is -2.07. The normalized spacial score (nSPS) is 12.1. The maximum absolute atomic E-state index is 11.9. The van der Waals surface area contributed by atoms with Crippen LogP contribution in [0.3, 0.4) is 0 Å². The van der Waals surface area contributed by atoms with Crippen molar-refractivity contribution in [1.82, 2.24) is 5.32 Å². The lowest BCUT2D eigenvalue weighted by atomic mass is 10.1. The monoisotopic (exact) mass is 273 g/mol. The number of hydrogen-bond donors (Lipinski definition) is 1. The zero-order valence-electron chi connectivity index (χ0n) is 11.8. The molecule has 1 N–H and O–H groups in total. The molecule has 0 aliphatic carbocycles. The van der Waals surface area contributed by atoms with Crippen LogP contribution in [0, 0.1) is 6.92 Å². The Morgan fingerprint density at radius 3 is 2.85 bits per heavy atom. The molecule has 0 unspecified atom stereocenters. The molecule has 4 heteroatoms. The number of ether oxygens (including phenoxy) is 1. The van der Waals surface area contributed by atoms with E-state index in [4.69, 9.17) is 9.15 Å². The quantitative estimate of drug-likeness (QED) is 0.880. The Balaban J connectivity index is 1.85. The number of aryl methyl sites for hydroxylation is 1. The molecule has 0 aliphatic rings. The maximum atomic E-state index is 11.9. The zero-order valence-corrected chi connectivity index (χ0v) is 11.8. The number of nitrogens with one attached hydrogen (secondary N) is 1. The third-order valence-corrected chi connectivity index (χ3v) is 3.08. The molecule has 1 atom stereocenters. The first-order valence-corrected chi connectivity index (χ1v) is 6.57. The fourth-order valence-electron chi connectivity index (χ4n) is 2.05. The number of methoxy groups -OCH3 is 1. The SMILES string of the molecule is CO[C@H](CNC(=O)Cc1cccc(C)c1)c1ccco1. The summed E-state index contributed by atoms with van der Waals surface area (Å²) in [5.74, 6) is 0.688. The highest BCUT2D eigenvalue weighted by atomic mass is 16.5. The van der Waals surface area contributed by atoms with Crippen molar-refractivity contribution in [2.75, 3.05) is 13.7 Å². The van der Waals surface area contributed by atoms with Crippen LogP contribution in [0.4, 0.5) is 0 Å². The van der Waals surface area contributed by atoms with Crippen molar-refractivity contribution in [3.63, 3.8) is 0 Å². The highest BCUT2D eigenvalue weighted by Gasteiger charge is 2.14. The first kappa shape index (κ1) is 14.3. The molecule has 1 heterocycles. The second kappa shape index (κ2) is 6.91. The topological polar surface area (TPSA) is 51.5 Å². The van der Waals surface area contributed by atoms with Gasteiger partial charge in [0.05, 0.1) is 19.2 Å². The number of hydrogen-bond acceptors (Lipinski definition) is 3. The Morgan fingerprint density at radius 1 is 1.35 bits per heavy atom. The summed E-state index contributed by atoms with van der Waals surface area (Å²) in [6.07, 6.45) is 1.71. The van der Waals surface area contributed by atoms with Crippen molar-refractivity contribution in [2.24, 2.45) is 0 Å². The number of carbonyl (C=O) groups is 1. The molecule has 1 aromatic carbocycles. The molecule has 0 spiro atoms. The van der Waals surface area contributed by atoms with E-state index in [1.165, 1.54) is 0 Å². The minimum absolute atomic E-state index is 0.0239. The lowest BCUT2D eigenvalue weighted by Crippen LogP contribution is -2.30. The average molecular weight is 273 g/mol. The number of furan rings is 1. The lowest BCUT2D eigenvalue weighted by molar-refractivity contribution is -0.121. The molecule has 0 saturated carbocycles. The number of rotatable bonds is 6. The molecule has 0 saturated heterocycles. The summed E-state index contributed by atoms with van der Waals surface area (Å²) >= 11 is 0. The molecule has 0 aliphatic heterocycles. The standard InChI is InChI=1S/C16H19NO3/c1-12-5-3-6-13(9-12)10-16(18)17-11-15(19-2)14-7-4-8-20-14/h3-9,15H,10-11H2,1-2H3,(H,17,18)/t15-/m1/s1. The van der Waals surface area contributed by atoms with Crippen molar-refractivity contribution < 1.29 is 13.9 Å². The highest BCUT2D eigenvalue weighted by Crippen LogP contribution is 2.15. The highest BCUT2D eigenvalue weighted by molar-refractivity contribution is 5.78. The summed E-state index contributed by atoms with van der Waals surface area (Å²) in [5.41, 5.74) is 2.16. The van der Waals surface area contributed by atoms with Crippen LogP contribution in [-0.2, 0) is 16.0 Å². The van der Waals surface area contributed by atoms with Gasteiger partial charge in [-0.1, -0.05) is 29.8 Å². The van der Waals surface area contributed by atoms with Gasteiger partial charge in [0, 0.05) is 7.11 Å². The molecule has 0 bridgehead atoms. The minimum atomic E-state index is -0.258. The predicted octanol–water partition coefficient (Wildman–Crippen LogP) is 2.63. The van der Waals surface area contributed by atoms with Gasteiger partial charge in [-0.3, -0.25) is 4.79 Å². The van der Waals surface area contributed by atoms with Gasteiger partial charge in [-0.2, -0.15) is 0 Å². The van der Waals surface area contributed by atoms with Crippen molar-refractivity contribution in [1.29, 1.82) is 0 Å². The molecule has 0 fully saturated rings. The Bertz CT molecular complexity index is 549. The summed E-state index contributed by atoms with van der Waals surface area (Å²) < 4.78 is 10.6. The van der Waals surface area contributed by atoms with Crippen LogP contribution in [0.1, 0.15) is 23.0 Å². The van der Waals surface area contributed by atoms with Gasteiger partial charge in [0.1, 0.15) is 11.9 Å². The van der Waals surface area contributed by atoms with Crippen molar-refractivity contribution >= 4 is 5.91 Å². The van der Waals surface area contributed by atoms with Crippen LogP contribution >= 0.6 is 0 Å². The van der Waals surface area contributed by atoms with Gasteiger partial charge in [-0.25, -0.2) is 0 Å². The summed E-state index contributed by atoms with van der Waals surface area (Å²) in [4.78, 5) is 11.9. The van der Waals surface area contributed by atoms with E-state index in [-0.39, 0.29) is 12.0 Å². The summed E-state index contributed by atoms with van der Waals surface area (Å²) in [7, 11) is 1.60. The minimum Gasteiger partial charge on any atom is -0.467 e. The summed E-state index contributed by atoms with van der Waals surface area (Å²) in [6.45, 7) is 2.41. The zero-order chi connectivity index (χ0) is 14.4. The van der Waals surface area contributed by atoms with E-state index in [1.807, 2.05) is 37.3 Å². The molecular weight excluding hydrogens is 254 g/mol. The van der Waals surface area contributed by atoms with Crippen molar-refractivity contribution in [3.05, 3.63) is 59.5 Å². The molecule has 1 amide bonds. The van der Waals surface area contributed by atoms with Crippen LogP contribution in [0.25, 0.3) is 0 Å². The largest absolute Gasteiger partial charge is 0.467 e. The van der Waals surface area contributed by atoms with Gasteiger partial charge in [0.25, 0.3) is 0 Å². The average Bonchev–Trinajstić information content (AvgIpc) is 2.93. The van der Waals surface area contributed by atoms with Crippen molar-refractivity contribution in [3.8, 4) is 0 Å².